The van der Waals surface area contributed by atoms with Crippen molar-refractivity contribution in [2.45, 2.75) is 12.8 Å². The van der Waals surface area contributed by atoms with Crippen molar-refractivity contribution in [2.24, 2.45) is 0 Å². The molecule has 0 heterocycles. The second-order valence-electron chi connectivity index (χ2n) is 5.04. The summed E-state index contributed by atoms with van der Waals surface area (Å²) in [5, 5.41) is 9.46. The minimum atomic E-state index is -0.925. The maximum absolute atomic E-state index is 11.5. The molecule has 0 aromatic heterocycles. The van der Waals surface area contributed by atoms with Crippen LogP contribution in [-0.4, -0.2) is 25.3 Å². The van der Waals surface area contributed by atoms with Crippen LogP contribution in [0.3, 0.4) is 0 Å². The van der Waals surface area contributed by atoms with Gasteiger partial charge in [-0.05, 0) is 30.5 Å². The summed E-state index contributed by atoms with van der Waals surface area (Å²) < 4.78 is 10.6. The molecule has 23 heavy (non-hydrogen) atoms. The number of hydrogen-bond acceptors (Lipinski definition) is 3. The zero-order chi connectivity index (χ0) is 16.7. The van der Waals surface area contributed by atoms with E-state index in [1.165, 1.54) is 0 Å². The lowest BCUT2D eigenvalue weighted by atomic mass is 10.0. The zero-order valence-electron chi connectivity index (χ0n) is 13.3. The lowest BCUT2D eigenvalue weighted by molar-refractivity contribution is -0.132. The van der Waals surface area contributed by atoms with Crippen LogP contribution in [-0.2, 0) is 11.2 Å². The molecule has 0 atom stereocenters. The Hall–Kier alpha value is -2.75. The summed E-state index contributed by atoms with van der Waals surface area (Å²) in [6, 6.07) is 15.2. The van der Waals surface area contributed by atoms with Gasteiger partial charge in [0.05, 0.1) is 14.2 Å². The summed E-state index contributed by atoms with van der Waals surface area (Å²) in [5.74, 6) is 0.188. The summed E-state index contributed by atoms with van der Waals surface area (Å²) in [7, 11) is 3.10. The predicted molar refractivity (Wildman–Crippen MR) is 89.9 cm³/mol. The van der Waals surface area contributed by atoms with Gasteiger partial charge in [0.1, 0.15) is 0 Å². The van der Waals surface area contributed by atoms with E-state index in [0.29, 0.717) is 35.5 Å². The molecule has 2 rings (SSSR count). The minimum Gasteiger partial charge on any atom is -0.493 e. The van der Waals surface area contributed by atoms with Gasteiger partial charge in [0.25, 0.3) is 0 Å². The molecule has 0 unspecified atom stereocenters. The van der Waals surface area contributed by atoms with E-state index in [-0.39, 0.29) is 0 Å². The van der Waals surface area contributed by atoms with Crippen LogP contribution in [0.1, 0.15) is 17.5 Å². The molecule has 2 aromatic rings. The van der Waals surface area contributed by atoms with Gasteiger partial charge in [0, 0.05) is 11.1 Å². The first kappa shape index (κ1) is 16.6. The van der Waals surface area contributed by atoms with E-state index in [1.807, 2.05) is 42.5 Å². The van der Waals surface area contributed by atoms with Gasteiger partial charge in [0.2, 0.25) is 0 Å². The summed E-state index contributed by atoms with van der Waals surface area (Å²) in [5.41, 5.74) is 2.13. The van der Waals surface area contributed by atoms with Crippen LogP contribution in [0.5, 0.6) is 11.5 Å². The molecule has 0 aliphatic heterocycles. The van der Waals surface area contributed by atoms with Gasteiger partial charge >= 0.3 is 5.97 Å². The maximum Gasteiger partial charge on any atom is 0.331 e. The lowest BCUT2D eigenvalue weighted by Crippen LogP contribution is -2.03. The summed E-state index contributed by atoms with van der Waals surface area (Å²) >= 11 is 0. The number of carboxylic acids is 1. The van der Waals surface area contributed by atoms with Crippen molar-refractivity contribution in [3.63, 3.8) is 0 Å². The van der Waals surface area contributed by atoms with E-state index in [0.717, 1.165) is 5.56 Å². The van der Waals surface area contributed by atoms with E-state index in [4.69, 9.17) is 9.47 Å². The Bertz CT molecular complexity index is 690. The molecule has 0 amide bonds. The van der Waals surface area contributed by atoms with Gasteiger partial charge in [-0.3, -0.25) is 0 Å². The molecule has 0 bridgehead atoms. The zero-order valence-corrected chi connectivity index (χ0v) is 13.3. The highest BCUT2D eigenvalue weighted by Gasteiger charge is 2.12. The van der Waals surface area contributed by atoms with Crippen LogP contribution in [0.15, 0.2) is 54.1 Å². The van der Waals surface area contributed by atoms with Crippen molar-refractivity contribution in [2.75, 3.05) is 14.2 Å². The first-order valence-corrected chi connectivity index (χ1v) is 7.34. The van der Waals surface area contributed by atoms with Crippen molar-refractivity contribution in [1.82, 2.24) is 0 Å². The maximum atomic E-state index is 11.5. The summed E-state index contributed by atoms with van der Waals surface area (Å²) in [6.07, 6.45) is 2.76. The molecule has 4 heteroatoms. The number of rotatable bonds is 7. The molecular weight excluding hydrogens is 292 g/mol. The minimum absolute atomic E-state index is 0.334. The van der Waals surface area contributed by atoms with Crippen LogP contribution >= 0.6 is 0 Å². The third kappa shape index (κ3) is 4.36. The molecule has 1 N–H and O–H groups in total. The molecule has 0 fully saturated rings. The highest BCUT2D eigenvalue weighted by molar-refractivity contribution is 5.92. The van der Waals surface area contributed by atoms with Gasteiger partial charge < -0.3 is 14.6 Å². The first-order valence-electron chi connectivity index (χ1n) is 7.34. The van der Waals surface area contributed by atoms with Crippen molar-refractivity contribution in [3.05, 3.63) is 65.2 Å². The van der Waals surface area contributed by atoms with Crippen molar-refractivity contribution in [1.29, 1.82) is 0 Å². The largest absolute Gasteiger partial charge is 0.493 e. The van der Waals surface area contributed by atoms with E-state index in [1.54, 1.807) is 26.4 Å². The molecule has 2 aromatic carbocycles. The van der Waals surface area contributed by atoms with Gasteiger partial charge in [-0.1, -0.05) is 42.5 Å². The Labute approximate surface area is 136 Å². The normalized spacial score (nSPS) is 11.1. The number of aliphatic carboxylic acids is 1. The van der Waals surface area contributed by atoms with Gasteiger partial charge in [-0.2, -0.15) is 0 Å². The second-order valence-corrected chi connectivity index (χ2v) is 5.04. The SMILES string of the molecule is COc1cccc(/C=C(\CCc2ccccc2)C(=O)O)c1OC. The number of para-hydroxylation sites is 1. The number of aryl methyl sites for hydroxylation is 1. The number of benzene rings is 2. The van der Waals surface area contributed by atoms with E-state index in [9.17, 15) is 9.90 Å². The van der Waals surface area contributed by atoms with Crippen LogP contribution in [0.4, 0.5) is 0 Å². The molecule has 0 spiro atoms. The molecule has 0 saturated heterocycles. The first-order chi connectivity index (χ1) is 11.2. The highest BCUT2D eigenvalue weighted by Crippen LogP contribution is 2.32. The molecule has 0 aliphatic carbocycles. The molecule has 0 aliphatic rings. The fourth-order valence-electron chi connectivity index (χ4n) is 2.38. The predicted octanol–water partition coefficient (Wildman–Crippen LogP) is 3.80. The molecule has 0 radical (unpaired) electrons. The Kier molecular flexibility index (Phi) is 5.80. The molecule has 0 saturated carbocycles. The highest BCUT2D eigenvalue weighted by atomic mass is 16.5. The van der Waals surface area contributed by atoms with Gasteiger partial charge in [0.15, 0.2) is 11.5 Å². The molecule has 120 valence electrons. The van der Waals surface area contributed by atoms with Crippen LogP contribution in [0.25, 0.3) is 6.08 Å². The Morgan fingerprint density at radius 1 is 1.04 bits per heavy atom. The van der Waals surface area contributed by atoms with Crippen LogP contribution in [0.2, 0.25) is 0 Å². The number of ether oxygens (including phenoxy) is 2. The second kappa shape index (κ2) is 8.03. The Balaban J connectivity index is 2.27. The van der Waals surface area contributed by atoms with Crippen molar-refractivity contribution < 1.29 is 19.4 Å². The average Bonchev–Trinajstić information content (AvgIpc) is 2.58. The quantitative estimate of drug-likeness (QED) is 0.790. The fourth-order valence-corrected chi connectivity index (χ4v) is 2.38. The molecular formula is C19H20O4. The number of carboxylic acid groups (broad SMARTS) is 1. The van der Waals surface area contributed by atoms with Crippen LogP contribution < -0.4 is 9.47 Å². The third-order valence-corrected chi connectivity index (χ3v) is 3.56. The Morgan fingerprint density at radius 3 is 2.39 bits per heavy atom. The monoisotopic (exact) mass is 312 g/mol. The number of hydrogen-bond donors (Lipinski definition) is 1. The van der Waals surface area contributed by atoms with Crippen molar-refractivity contribution in [3.8, 4) is 11.5 Å². The lowest BCUT2D eigenvalue weighted by Gasteiger charge is -2.11. The fraction of sp³-hybridized carbons (Fsp3) is 0.211. The van der Waals surface area contributed by atoms with E-state index in [2.05, 4.69) is 0 Å². The number of carbonyl (C=O) groups is 1. The molecule has 4 nitrogen and oxygen atoms in total. The Morgan fingerprint density at radius 2 is 1.78 bits per heavy atom. The summed E-state index contributed by atoms with van der Waals surface area (Å²) in [6.45, 7) is 0. The van der Waals surface area contributed by atoms with E-state index >= 15 is 0 Å². The smallest absolute Gasteiger partial charge is 0.331 e. The van der Waals surface area contributed by atoms with Crippen LogP contribution in [0, 0.1) is 0 Å². The van der Waals surface area contributed by atoms with E-state index < -0.39 is 5.97 Å². The number of methoxy groups -OCH3 is 2. The average molecular weight is 312 g/mol. The van der Waals surface area contributed by atoms with Crippen molar-refractivity contribution >= 4 is 12.0 Å². The van der Waals surface area contributed by atoms with Gasteiger partial charge in [-0.15, -0.1) is 0 Å². The topological polar surface area (TPSA) is 55.8 Å². The van der Waals surface area contributed by atoms with Gasteiger partial charge in [-0.25, -0.2) is 4.79 Å². The summed E-state index contributed by atoms with van der Waals surface area (Å²) in [4.78, 5) is 11.5. The standard InChI is InChI=1S/C19H20O4/c1-22-17-10-6-9-15(18(17)23-2)13-16(19(20)21)12-11-14-7-4-3-5-8-14/h3-10,13H,11-12H2,1-2H3,(H,20,21)/b16-13+. The third-order valence-electron chi connectivity index (χ3n) is 3.56.